The molecule has 0 rings (SSSR count). The molecule has 0 N–H and O–H groups in total. The monoisotopic (exact) mass is 551 g/mol. The van der Waals surface area contributed by atoms with E-state index in [0.29, 0.717) is 18.9 Å². The van der Waals surface area contributed by atoms with Crippen molar-refractivity contribution in [2.75, 3.05) is 6.61 Å². The summed E-state index contributed by atoms with van der Waals surface area (Å²) in [6.07, 6.45) is 41.1. The zero-order valence-corrected chi connectivity index (χ0v) is 27.5. The Morgan fingerprint density at radius 1 is 0.410 bits per heavy atom. The van der Waals surface area contributed by atoms with Crippen LogP contribution >= 0.6 is 0 Å². The van der Waals surface area contributed by atoms with Crippen molar-refractivity contribution >= 4 is 5.97 Å². The van der Waals surface area contributed by atoms with E-state index in [-0.39, 0.29) is 5.97 Å². The zero-order chi connectivity index (χ0) is 28.5. The van der Waals surface area contributed by atoms with Gasteiger partial charge in [-0.3, -0.25) is 4.79 Å². The Kier molecular flexibility index (Phi) is 33.2. The molecule has 0 bridgehead atoms. The van der Waals surface area contributed by atoms with E-state index in [1.807, 2.05) is 0 Å². The van der Waals surface area contributed by atoms with Crippen LogP contribution in [0.2, 0.25) is 0 Å². The van der Waals surface area contributed by atoms with Crippen LogP contribution in [0.3, 0.4) is 0 Å². The van der Waals surface area contributed by atoms with Gasteiger partial charge < -0.3 is 4.74 Å². The van der Waals surface area contributed by atoms with Crippen LogP contribution in [0.5, 0.6) is 0 Å². The Morgan fingerprint density at radius 3 is 1.03 bits per heavy atom. The summed E-state index contributed by atoms with van der Waals surface area (Å²) in [5, 5.41) is 0. The number of rotatable bonds is 33. The molecular formula is C37H74O2. The SMILES string of the molecule is CCCCCCCCCCCCCCCCC(=O)OCC(CCCCCCCC)CCCCCCCCCC. The first kappa shape index (κ1) is 38.5. The molecule has 0 aliphatic heterocycles. The molecule has 0 amide bonds. The van der Waals surface area contributed by atoms with Gasteiger partial charge >= 0.3 is 5.97 Å². The third-order valence-corrected chi connectivity index (χ3v) is 8.65. The second kappa shape index (κ2) is 33.7. The molecule has 0 spiro atoms. The number of carbonyl (C=O) groups is 1. The second-order valence-corrected chi connectivity index (χ2v) is 12.7. The van der Waals surface area contributed by atoms with Crippen molar-refractivity contribution in [2.24, 2.45) is 5.92 Å². The summed E-state index contributed by atoms with van der Waals surface area (Å²) in [5.74, 6) is 0.634. The summed E-state index contributed by atoms with van der Waals surface area (Å²) in [6, 6.07) is 0. The maximum Gasteiger partial charge on any atom is 0.305 e. The minimum absolute atomic E-state index is 0.0535. The molecule has 2 heteroatoms. The maximum atomic E-state index is 12.4. The van der Waals surface area contributed by atoms with E-state index >= 15 is 0 Å². The van der Waals surface area contributed by atoms with Gasteiger partial charge in [-0.1, -0.05) is 194 Å². The highest BCUT2D eigenvalue weighted by atomic mass is 16.5. The molecule has 0 heterocycles. The van der Waals surface area contributed by atoms with Crippen molar-refractivity contribution in [3.8, 4) is 0 Å². The fourth-order valence-corrected chi connectivity index (χ4v) is 5.84. The molecule has 0 fully saturated rings. The van der Waals surface area contributed by atoms with E-state index in [9.17, 15) is 4.79 Å². The number of hydrogen-bond donors (Lipinski definition) is 0. The molecule has 0 radical (unpaired) electrons. The molecule has 1 unspecified atom stereocenters. The fourth-order valence-electron chi connectivity index (χ4n) is 5.84. The number of carbonyl (C=O) groups excluding carboxylic acids is 1. The van der Waals surface area contributed by atoms with E-state index in [4.69, 9.17) is 4.74 Å². The first-order valence-corrected chi connectivity index (χ1v) is 18.4. The van der Waals surface area contributed by atoms with Gasteiger partial charge in [0, 0.05) is 6.42 Å². The first-order valence-electron chi connectivity index (χ1n) is 18.4. The first-order chi connectivity index (χ1) is 19.2. The molecule has 39 heavy (non-hydrogen) atoms. The average Bonchev–Trinajstić information content (AvgIpc) is 2.94. The summed E-state index contributed by atoms with van der Waals surface area (Å²) < 4.78 is 5.80. The highest BCUT2D eigenvalue weighted by Gasteiger charge is 2.12. The molecule has 0 saturated carbocycles. The Balaban J connectivity index is 3.82. The lowest BCUT2D eigenvalue weighted by molar-refractivity contribution is -0.145. The van der Waals surface area contributed by atoms with Crippen molar-refractivity contribution in [3.63, 3.8) is 0 Å². The molecule has 0 aliphatic carbocycles. The molecule has 2 nitrogen and oxygen atoms in total. The van der Waals surface area contributed by atoms with Crippen LogP contribution in [-0.2, 0) is 9.53 Å². The van der Waals surface area contributed by atoms with Crippen LogP contribution in [0.4, 0.5) is 0 Å². The normalized spacial score (nSPS) is 12.2. The predicted molar refractivity (Wildman–Crippen MR) is 175 cm³/mol. The molecule has 0 aromatic rings. The molecule has 0 aliphatic rings. The van der Waals surface area contributed by atoms with Gasteiger partial charge in [-0.15, -0.1) is 0 Å². The van der Waals surface area contributed by atoms with Gasteiger partial charge in [-0.2, -0.15) is 0 Å². The van der Waals surface area contributed by atoms with E-state index < -0.39 is 0 Å². The van der Waals surface area contributed by atoms with E-state index in [1.165, 1.54) is 186 Å². The summed E-state index contributed by atoms with van der Waals surface area (Å²) in [7, 11) is 0. The largest absolute Gasteiger partial charge is 0.465 e. The minimum Gasteiger partial charge on any atom is -0.465 e. The third kappa shape index (κ3) is 31.9. The Bertz CT molecular complexity index is 460. The van der Waals surface area contributed by atoms with Gasteiger partial charge in [-0.05, 0) is 25.2 Å². The van der Waals surface area contributed by atoms with Gasteiger partial charge in [0.1, 0.15) is 0 Å². The van der Waals surface area contributed by atoms with Gasteiger partial charge in [0.15, 0.2) is 0 Å². The Labute approximate surface area is 247 Å². The van der Waals surface area contributed by atoms with Crippen LogP contribution in [0.1, 0.15) is 220 Å². The average molecular weight is 551 g/mol. The van der Waals surface area contributed by atoms with E-state index in [0.717, 1.165) is 6.42 Å². The van der Waals surface area contributed by atoms with Crippen molar-refractivity contribution < 1.29 is 9.53 Å². The molecule has 1 atom stereocenters. The zero-order valence-electron chi connectivity index (χ0n) is 27.5. The molecule has 0 aromatic heterocycles. The number of ether oxygens (including phenoxy) is 1. The van der Waals surface area contributed by atoms with E-state index in [2.05, 4.69) is 20.8 Å². The fraction of sp³-hybridized carbons (Fsp3) is 0.973. The van der Waals surface area contributed by atoms with Crippen LogP contribution in [0.25, 0.3) is 0 Å². The highest BCUT2D eigenvalue weighted by Crippen LogP contribution is 2.21. The topological polar surface area (TPSA) is 26.3 Å². The van der Waals surface area contributed by atoms with Gasteiger partial charge in [0.05, 0.1) is 6.61 Å². The summed E-state index contributed by atoms with van der Waals surface area (Å²) >= 11 is 0. The van der Waals surface area contributed by atoms with Gasteiger partial charge in [-0.25, -0.2) is 0 Å². The summed E-state index contributed by atoms with van der Waals surface area (Å²) in [6.45, 7) is 7.53. The van der Waals surface area contributed by atoms with Crippen LogP contribution in [0, 0.1) is 5.92 Å². The van der Waals surface area contributed by atoms with Crippen molar-refractivity contribution in [2.45, 2.75) is 220 Å². The standard InChI is InChI=1S/C37H74O2/c1-4-7-10-13-16-18-19-20-21-22-23-25-28-31-34-37(38)39-35-36(32-29-26-15-12-9-6-3)33-30-27-24-17-14-11-8-5-2/h36H,4-35H2,1-3H3. The molecule has 0 aromatic carbocycles. The number of esters is 1. The number of unbranched alkanes of at least 4 members (excludes halogenated alkanes) is 25. The Hall–Kier alpha value is -0.530. The van der Waals surface area contributed by atoms with Gasteiger partial charge in [0.25, 0.3) is 0 Å². The van der Waals surface area contributed by atoms with Crippen molar-refractivity contribution in [1.29, 1.82) is 0 Å². The number of hydrogen-bond acceptors (Lipinski definition) is 2. The lowest BCUT2D eigenvalue weighted by Gasteiger charge is -2.17. The quantitative estimate of drug-likeness (QED) is 0.0600. The highest BCUT2D eigenvalue weighted by molar-refractivity contribution is 5.69. The summed E-state index contributed by atoms with van der Waals surface area (Å²) in [5.41, 5.74) is 0. The summed E-state index contributed by atoms with van der Waals surface area (Å²) in [4.78, 5) is 12.4. The lowest BCUT2D eigenvalue weighted by Crippen LogP contribution is -2.14. The van der Waals surface area contributed by atoms with Gasteiger partial charge in [0.2, 0.25) is 0 Å². The third-order valence-electron chi connectivity index (χ3n) is 8.65. The van der Waals surface area contributed by atoms with E-state index in [1.54, 1.807) is 0 Å². The minimum atomic E-state index is 0.0535. The van der Waals surface area contributed by atoms with Crippen LogP contribution < -0.4 is 0 Å². The van der Waals surface area contributed by atoms with Crippen molar-refractivity contribution in [1.82, 2.24) is 0 Å². The molecule has 0 saturated heterocycles. The maximum absolute atomic E-state index is 12.4. The second-order valence-electron chi connectivity index (χ2n) is 12.7. The van der Waals surface area contributed by atoms with Crippen LogP contribution in [0.15, 0.2) is 0 Å². The van der Waals surface area contributed by atoms with Crippen molar-refractivity contribution in [3.05, 3.63) is 0 Å². The Morgan fingerprint density at radius 2 is 0.692 bits per heavy atom. The van der Waals surface area contributed by atoms with Crippen LogP contribution in [-0.4, -0.2) is 12.6 Å². The smallest absolute Gasteiger partial charge is 0.305 e. The lowest BCUT2D eigenvalue weighted by atomic mass is 9.94. The molecule has 234 valence electrons. The molecular weight excluding hydrogens is 476 g/mol. The predicted octanol–water partition coefficient (Wildman–Crippen LogP) is 13.3.